The lowest BCUT2D eigenvalue weighted by molar-refractivity contribution is -0.384. The number of urea groups is 1. The van der Waals surface area contributed by atoms with Crippen LogP contribution in [0.3, 0.4) is 0 Å². The first-order valence-corrected chi connectivity index (χ1v) is 14.1. The van der Waals surface area contributed by atoms with E-state index in [0.29, 0.717) is 26.1 Å². The van der Waals surface area contributed by atoms with Crippen molar-refractivity contribution >= 4 is 27.6 Å². The molecule has 1 aliphatic heterocycles. The fourth-order valence-electron chi connectivity index (χ4n) is 4.79. The molecule has 3 atom stereocenters. The van der Waals surface area contributed by atoms with Crippen LogP contribution < -0.4 is 10.0 Å². The summed E-state index contributed by atoms with van der Waals surface area (Å²) in [5, 5.41) is 14.0. The lowest BCUT2D eigenvalue weighted by Gasteiger charge is -2.42. The van der Waals surface area contributed by atoms with E-state index in [2.05, 4.69) is 10.0 Å². The van der Waals surface area contributed by atoms with Crippen LogP contribution in [0.25, 0.3) is 0 Å². The monoisotopic (exact) mass is 523 g/mol. The number of amides is 3. The molecule has 2 aliphatic rings. The Hall–Kier alpha value is -2.73. The van der Waals surface area contributed by atoms with Crippen molar-refractivity contribution in [2.24, 2.45) is 5.92 Å². The molecular weight excluding hydrogens is 486 g/mol. The summed E-state index contributed by atoms with van der Waals surface area (Å²) < 4.78 is 28.6. The minimum Gasteiger partial charge on any atom is -0.337 e. The normalized spacial score (nSPS) is 21.0. The molecule has 2 N–H and O–H groups in total. The Labute approximate surface area is 212 Å². The number of sulfonamides is 1. The van der Waals surface area contributed by atoms with E-state index in [9.17, 15) is 28.1 Å². The molecule has 0 aromatic heterocycles. The zero-order chi connectivity index (χ0) is 26.5. The first-order valence-electron chi connectivity index (χ1n) is 12.7. The number of rotatable bonds is 8. The third-order valence-corrected chi connectivity index (χ3v) is 8.71. The van der Waals surface area contributed by atoms with Gasteiger partial charge in [0.05, 0.1) is 9.82 Å². The lowest BCUT2D eigenvalue weighted by atomic mass is 9.95. The predicted molar refractivity (Wildman–Crippen MR) is 135 cm³/mol. The van der Waals surface area contributed by atoms with E-state index in [1.165, 1.54) is 6.42 Å². The highest BCUT2D eigenvalue weighted by Gasteiger charge is 2.37. The first-order chi connectivity index (χ1) is 17.0. The molecule has 3 amide bonds. The Balaban J connectivity index is 1.67. The maximum Gasteiger partial charge on any atom is 0.317 e. The molecule has 0 radical (unpaired) electrons. The first kappa shape index (κ1) is 27.9. The van der Waals surface area contributed by atoms with Gasteiger partial charge in [-0.3, -0.25) is 14.9 Å². The molecule has 11 nitrogen and oxygen atoms in total. The van der Waals surface area contributed by atoms with Crippen LogP contribution in [0.5, 0.6) is 0 Å². The van der Waals surface area contributed by atoms with Gasteiger partial charge in [-0.2, -0.15) is 4.72 Å². The van der Waals surface area contributed by atoms with Gasteiger partial charge < -0.3 is 15.1 Å². The van der Waals surface area contributed by atoms with Crippen LogP contribution in [-0.4, -0.2) is 72.8 Å². The van der Waals surface area contributed by atoms with Crippen LogP contribution >= 0.6 is 0 Å². The molecular formula is C24H37N5O6S. The molecule has 12 heteroatoms. The largest absolute Gasteiger partial charge is 0.337 e. The van der Waals surface area contributed by atoms with E-state index in [-0.39, 0.29) is 40.5 Å². The zero-order valence-corrected chi connectivity index (χ0v) is 22.0. The number of non-ortho nitro benzene ring substituents is 1. The second-order valence-corrected chi connectivity index (χ2v) is 11.6. The van der Waals surface area contributed by atoms with Crippen LogP contribution in [0.1, 0.15) is 59.3 Å². The number of benzene rings is 1. The van der Waals surface area contributed by atoms with E-state index in [1.54, 1.807) is 16.7 Å². The minimum absolute atomic E-state index is 0.112. The molecule has 1 heterocycles. The Morgan fingerprint density at radius 2 is 1.78 bits per heavy atom. The Bertz CT molecular complexity index is 1040. The van der Waals surface area contributed by atoms with Gasteiger partial charge in [-0.1, -0.05) is 39.5 Å². The maximum atomic E-state index is 13.5. The van der Waals surface area contributed by atoms with E-state index in [4.69, 9.17) is 0 Å². The van der Waals surface area contributed by atoms with Gasteiger partial charge in [0, 0.05) is 43.9 Å². The van der Waals surface area contributed by atoms with Crippen LogP contribution in [0, 0.1) is 16.0 Å². The molecule has 200 valence electrons. The molecule has 1 aliphatic carbocycles. The number of nitrogens with one attached hydrogen (secondary N) is 2. The molecule has 0 bridgehead atoms. The number of piperazine rings is 1. The maximum absolute atomic E-state index is 13.5. The molecule has 3 rings (SSSR count). The average molecular weight is 524 g/mol. The topological polar surface area (TPSA) is 142 Å². The fourth-order valence-corrected chi connectivity index (χ4v) is 6.09. The summed E-state index contributed by atoms with van der Waals surface area (Å²) in [6.45, 7) is 6.56. The summed E-state index contributed by atoms with van der Waals surface area (Å²) >= 11 is 0. The van der Waals surface area contributed by atoms with Gasteiger partial charge in [0.15, 0.2) is 0 Å². The molecule has 0 spiro atoms. The molecule has 1 saturated heterocycles. The van der Waals surface area contributed by atoms with Crippen LogP contribution in [0.2, 0.25) is 0 Å². The quantitative estimate of drug-likeness (QED) is 0.396. The number of nitro benzene ring substituents is 1. The molecule has 1 aromatic carbocycles. The van der Waals surface area contributed by atoms with Crippen LogP contribution in [0.15, 0.2) is 29.2 Å². The Morgan fingerprint density at radius 3 is 2.33 bits per heavy atom. The van der Waals surface area contributed by atoms with Gasteiger partial charge in [-0.25, -0.2) is 13.2 Å². The highest BCUT2D eigenvalue weighted by Crippen LogP contribution is 2.21. The van der Waals surface area contributed by atoms with Gasteiger partial charge in [0.2, 0.25) is 15.9 Å². The summed E-state index contributed by atoms with van der Waals surface area (Å²) in [5.74, 6) is -0.623. The van der Waals surface area contributed by atoms with Crippen molar-refractivity contribution in [3.05, 3.63) is 34.4 Å². The molecule has 36 heavy (non-hydrogen) atoms. The third kappa shape index (κ3) is 6.73. The minimum atomic E-state index is -4.09. The number of nitrogens with zero attached hydrogens (tertiary/aromatic N) is 3. The standard InChI is InChI=1S/C24H37N5O6S/c1-4-17(2)22(26-36(34,35)21-12-10-20(11-13-21)29(32)33)23(30)27-14-15-28(18(3)16-27)24(31)25-19-8-6-5-7-9-19/h10-13,17-19,22,26H,4-9,14-16H2,1-3H3,(H,25,31). The average Bonchev–Trinajstić information content (AvgIpc) is 2.87. The molecule has 3 unspecified atom stereocenters. The van der Waals surface area contributed by atoms with Crippen LogP contribution in [0.4, 0.5) is 10.5 Å². The highest BCUT2D eigenvalue weighted by molar-refractivity contribution is 7.89. The fraction of sp³-hybridized carbons (Fsp3) is 0.667. The van der Waals surface area contributed by atoms with Gasteiger partial charge >= 0.3 is 6.03 Å². The summed E-state index contributed by atoms with van der Waals surface area (Å²) in [6.07, 6.45) is 5.99. The Kier molecular flexibility index (Phi) is 9.29. The molecule has 1 saturated carbocycles. The number of nitro groups is 1. The Morgan fingerprint density at radius 1 is 1.14 bits per heavy atom. The van der Waals surface area contributed by atoms with Crippen molar-refractivity contribution in [2.45, 2.75) is 82.3 Å². The summed E-state index contributed by atoms with van der Waals surface area (Å²) in [4.78, 5) is 39.8. The SMILES string of the molecule is CCC(C)C(NS(=O)(=O)c1ccc([N+](=O)[O-])cc1)C(=O)N1CCN(C(=O)NC2CCCCC2)C(C)C1. The van der Waals surface area contributed by atoms with E-state index >= 15 is 0 Å². The van der Waals surface area contributed by atoms with E-state index in [0.717, 1.165) is 49.9 Å². The van der Waals surface area contributed by atoms with Crippen molar-refractivity contribution < 1.29 is 22.9 Å². The number of hydrogen-bond donors (Lipinski definition) is 2. The number of hydrogen-bond acceptors (Lipinski definition) is 6. The second-order valence-electron chi connectivity index (χ2n) is 9.85. The third-order valence-electron chi connectivity index (χ3n) is 7.25. The van der Waals surface area contributed by atoms with Crippen molar-refractivity contribution in [3.63, 3.8) is 0 Å². The van der Waals surface area contributed by atoms with E-state index < -0.39 is 21.0 Å². The van der Waals surface area contributed by atoms with Gasteiger partial charge in [0.25, 0.3) is 5.69 Å². The summed E-state index contributed by atoms with van der Waals surface area (Å²) in [6, 6.07) is 3.43. The lowest BCUT2D eigenvalue weighted by Crippen LogP contribution is -2.61. The highest BCUT2D eigenvalue weighted by atomic mass is 32.2. The van der Waals surface area contributed by atoms with Crippen LogP contribution in [-0.2, 0) is 14.8 Å². The summed E-state index contributed by atoms with van der Waals surface area (Å²) in [7, 11) is -4.09. The summed E-state index contributed by atoms with van der Waals surface area (Å²) in [5.41, 5.74) is -0.220. The van der Waals surface area contributed by atoms with Crippen molar-refractivity contribution in [3.8, 4) is 0 Å². The number of carbonyl (C=O) groups excluding carboxylic acids is 2. The van der Waals surface area contributed by atoms with E-state index in [1.807, 2.05) is 13.8 Å². The second kappa shape index (κ2) is 12.0. The van der Waals surface area contributed by atoms with Crippen molar-refractivity contribution in [1.29, 1.82) is 0 Å². The molecule has 1 aromatic rings. The number of carbonyl (C=O) groups is 2. The molecule has 2 fully saturated rings. The van der Waals surface area contributed by atoms with Gasteiger partial charge in [-0.05, 0) is 37.8 Å². The van der Waals surface area contributed by atoms with Gasteiger partial charge in [-0.15, -0.1) is 0 Å². The van der Waals surface area contributed by atoms with Crippen molar-refractivity contribution in [2.75, 3.05) is 19.6 Å². The zero-order valence-electron chi connectivity index (χ0n) is 21.2. The smallest absolute Gasteiger partial charge is 0.317 e. The predicted octanol–water partition coefficient (Wildman–Crippen LogP) is 2.86. The van der Waals surface area contributed by atoms with Crippen molar-refractivity contribution in [1.82, 2.24) is 19.8 Å². The van der Waals surface area contributed by atoms with Gasteiger partial charge in [0.1, 0.15) is 6.04 Å².